The Balaban J connectivity index is 2.20. The number of rotatable bonds is 6. The molecule has 2 rings (SSSR count). The highest BCUT2D eigenvalue weighted by Crippen LogP contribution is 2.35. The highest BCUT2D eigenvalue weighted by atomic mass is 79.9. The summed E-state index contributed by atoms with van der Waals surface area (Å²) in [6.07, 6.45) is 1.48. The summed E-state index contributed by atoms with van der Waals surface area (Å²) in [5, 5.41) is 12.9. The van der Waals surface area contributed by atoms with E-state index in [4.69, 9.17) is 27.9 Å². The van der Waals surface area contributed by atoms with Gasteiger partial charge in [-0.2, -0.15) is 5.26 Å². The van der Waals surface area contributed by atoms with E-state index in [-0.39, 0.29) is 11.6 Å². The molecule has 2 aromatic carbocycles. The first-order chi connectivity index (χ1) is 12.8. The number of ether oxygens (including phenoxy) is 1. The minimum Gasteiger partial charge on any atom is -0.486 e. The number of amides is 1. The zero-order chi connectivity index (χ0) is 20.0. The van der Waals surface area contributed by atoms with Crippen LogP contribution in [0.5, 0.6) is 5.75 Å². The average molecular weight is 468 g/mol. The van der Waals surface area contributed by atoms with Gasteiger partial charge in [0.2, 0.25) is 0 Å². The van der Waals surface area contributed by atoms with Crippen LogP contribution >= 0.6 is 39.1 Å². The zero-order valence-corrected chi connectivity index (χ0v) is 17.8. The van der Waals surface area contributed by atoms with Crippen LogP contribution in [0.2, 0.25) is 10.0 Å². The van der Waals surface area contributed by atoms with Crippen molar-refractivity contribution in [2.24, 2.45) is 0 Å². The molecule has 1 N–H and O–H groups in total. The maximum absolute atomic E-state index is 12.0. The van der Waals surface area contributed by atoms with Gasteiger partial charge in [0, 0.05) is 11.1 Å². The Hall–Kier alpha value is -2.00. The SMILES string of the molecule is CC(C)NC(=O)/C(C#N)=C\c1cc(Cl)c(OCc2ccc(Cl)cc2)c(Br)c1. The quantitative estimate of drug-likeness (QED) is 0.433. The van der Waals surface area contributed by atoms with Crippen LogP contribution in [0.25, 0.3) is 6.08 Å². The van der Waals surface area contributed by atoms with E-state index in [1.54, 1.807) is 24.3 Å². The Morgan fingerprint density at radius 2 is 1.96 bits per heavy atom. The first-order valence-corrected chi connectivity index (χ1v) is 9.64. The van der Waals surface area contributed by atoms with E-state index in [0.717, 1.165) is 5.56 Å². The molecule has 0 aliphatic rings. The van der Waals surface area contributed by atoms with Gasteiger partial charge in [0.15, 0.2) is 5.75 Å². The number of hydrogen-bond donors (Lipinski definition) is 1. The first-order valence-electron chi connectivity index (χ1n) is 8.09. The van der Waals surface area contributed by atoms with Crippen LogP contribution in [-0.4, -0.2) is 11.9 Å². The summed E-state index contributed by atoms with van der Waals surface area (Å²) in [6.45, 7) is 3.98. The lowest BCUT2D eigenvalue weighted by molar-refractivity contribution is -0.117. The molecule has 140 valence electrons. The molecule has 0 aromatic heterocycles. The maximum atomic E-state index is 12.0. The van der Waals surface area contributed by atoms with Crippen LogP contribution in [0.15, 0.2) is 46.4 Å². The van der Waals surface area contributed by atoms with Gasteiger partial charge in [-0.1, -0.05) is 35.3 Å². The third kappa shape index (κ3) is 6.28. The molecule has 0 fully saturated rings. The Bertz CT molecular complexity index is 880. The maximum Gasteiger partial charge on any atom is 0.262 e. The normalized spacial score (nSPS) is 11.2. The minimum atomic E-state index is -0.428. The van der Waals surface area contributed by atoms with Gasteiger partial charge in [0.05, 0.1) is 9.50 Å². The van der Waals surface area contributed by atoms with Crippen LogP contribution in [0.4, 0.5) is 0 Å². The lowest BCUT2D eigenvalue weighted by atomic mass is 10.1. The fourth-order valence-electron chi connectivity index (χ4n) is 2.19. The van der Waals surface area contributed by atoms with E-state index in [1.807, 2.05) is 32.0 Å². The molecular weight excluding hydrogens is 451 g/mol. The standard InChI is InChI=1S/C20H17BrCl2N2O2/c1-12(2)25-20(26)15(10-24)7-14-8-17(21)19(18(23)9-14)27-11-13-3-5-16(22)6-4-13/h3-9,12H,11H2,1-2H3,(H,25,26)/b15-7-. The summed E-state index contributed by atoms with van der Waals surface area (Å²) in [5.74, 6) is 0.0525. The molecular formula is C20H17BrCl2N2O2. The lowest BCUT2D eigenvalue weighted by Gasteiger charge is -2.12. The van der Waals surface area contributed by atoms with E-state index >= 15 is 0 Å². The van der Waals surface area contributed by atoms with E-state index in [0.29, 0.717) is 32.4 Å². The average Bonchev–Trinajstić information content (AvgIpc) is 2.59. The summed E-state index contributed by atoms with van der Waals surface area (Å²) in [5.41, 5.74) is 1.56. The zero-order valence-electron chi connectivity index (χ0n) is 14.7. The second-order valence-electron chi connectivity index (χ2n) is 6.03. The number of nitriles is 1. The number of nitrogens with one attached hydrogen (secondary N) is 1. The molecule has 0 spiro atoms. The van der Waals surface area contributed by atoms with Gasteiger partial charge in [-0.3, -0.25) is 4.79 Å². The van der Waals surface area contributed by atoms with Crippen molar-refractivity contribution in [1.82, 2.24) is 5.32 Å². The molecule has 0 aliphatic heterocycles. The molecule has 0 saturated carbocycles. The third-order valence-electron chi connectivity index (χ3n) is 3.41. The van der Waals surface area contributed by atoms with Gasteiger partial charge < -0.3 is 10.1 Å². The monoisotopic (exact) mass is 466 g/mol. The Morgan fingerprint density at radius 3 is 2.52 bits per heavy atom. The van der Waals surface area contributed by atoms with Crippen molar-refractivity contribution in [3.8, 4) is 11.8 Å². The Labute approximate surface area is 176 Å². The largest absolute Gasteiger partial charge is 0.486 e. The smallest absolute Gasteiger partial charge is 0.262 e. The second-order valence-corrected chi connectivity index (χ2v) is 7.72. The van der Waals surface area contributed by atoms with Gasteiger partial charge in [0.1, 0.15) is 18.2 Å². The van der Waals surface area contributed by atoms with E-state index in [2.05, 4.69) is 21.2 Å². The molecule has 0 atom stereocenters. The molecule has 0 heterocycles. The van der Waals surface area contributed by atoms with Crippen molar-refractivity contribution in [1.29, 1.82) is 5.26 Å². The highest BCUT2D eigenvalue weighted by Gasteiger charge is 2.13. The van der Waals surface area contributed by atoms with Crippen LogP contribution in [0, 0.1) is 11.3 Å². The van der Waals surface area contributed by atoms with Gasteiger partial charge in [0.25, 0.3) is 5.91 Å². The van der Waals surface area contributed by atoms with Gasteiger partial charge in [-0.15, -0.1) is 0 Å². The van der Waals surface area contributed by atoms with Crippen molar-refractivity contribution in [3.05, 3.63) is 67.6 Å². The molecule has 0 aliphatic carbocycles. The molecule has 7 heteroatoms. The fraction of sp³-hybridized carbons (Fsp3) is 0.200. The fourth-order valence-corrected chi connectivity index (χ4v) is 3.31. The number of hydrogen-bond acceptors (Lipinski definition) is 3. The van der Waals surface area contributed by atoms with E-state index < -0.39 is 5.91 Å². The van der Waals surface area contributed by atoms with Crippen LogP contribution in [-0.2, 0) is 11.4 Å². The number of carbonyl (C=O) groups is 1. The molecule has 0 radical (unpaired) electrons. The molecule has 2 aromatic rings. The predicted octanol–water partition coefficient (Wildman–Crippen LogP) is 5.77. The van der Waals surface area contributed by atoms with Gasteiger partial charge in [-0.25, -0.2) is 0 Å². The summed E-state index contributed by atoms with van der Waals surface area (Å²) < 4.78 is 6.42. The summed E-state index contributed by atoms with van der Waals surface area (Å²) >= 11 is 15.6. The molecule has 4 nitrogen and oxygen atoms in total. The van der Waals surface area contributed by atoms with Crippen molar-refractivity contribution < 1.29 is 9.53 Å². The van der Waals surface area contributed by atoms with Crippen molar-refractivity contribution >= 4 is 51.1 Å². The Kier molecular flexibility index (Phi) is 7.73. The van der Waals surface area contributed by atoms with Crippen molar-refractivity contribution in [2.45, 2.75) is 26.5 Å². The van der Waals surface area contributed by atoms with Crippen molar-refractivity contribution in [2.75, 3.05) is 0 Å². The topological polar surface area (TPSA) is 62.1 Å². The minimum absolute atomic E-state index is 0.00139. The second kappa shape index (κ2) is 9.80. The number of carbonyl (C=O) groups excluding carboxylic acids is 1. The molecule has 0 unspecified atom stereocenters. The number of benzene rings is 2. The molecule has 0 bridgehead atoms. The molecule has 1 amide bonds. The van der Waals surface area contributed by atoms with Crippen LogP contribution in [0.3, 0.4) is 0 Å². The molecule has 0 saturated heterocycles. The van der Waals surface area contributed by atoms with Crippen LogP contribution in [0.1, 0.15) is 25.0 Å². The van der Waals surface area contributed by atoms with Crippen molar-refractivity contribution in [3.63, 3.8) is 0 Å². The van der Waals surface area contributed by atoms with Crippen LogP contribution < -0.4 is 10.1 Å². The number of halogens is 3. The summed E-state index contributed by atoms with van der Waals surface area (Å²) in [7, 11) is 0. The molecule has 27 heavy (non-hydrogen) atoms. The van der Waals surface area contributed by atoms with Gasteiger partial charge >= 0.3 is 0 Å². The Morgan fingerprint density at radius 1 is 1.30 bits per heavy atom. The highest BCUT2D eigenvalue weighted by molar-refractivity contribution is 9.10. The third-order valence-corrected chi connectivity index (χ3v) is 4.53. The first kappa shape index (κ1) is 21.3. The lowest BCUT2D eigenvalue weighted by Crippen LogP contribution is -2.30. The predicted molar refractivity (Wildman–Crippen MR) is 112 cm³/mol. The van der Waals surface area contributed by atoms with E-state index in [9.17, 15) is 10.1 Å². The number of nitrogens with zero attached hydrogens (tertiary/aromatic N) is 1. The summed E-state index contributed by atoms with van der Waals surface area (Å²) in [6, 6.07) is 12.5. The van der Waals surface area contributed by atoms with Gasteiger partial charge in [-0.05, 0) is 71.2 Å². The van der Waals surface area contributed by atoms with E-state index in [1.165, 1.54) is 6.08 Å². The summed E-state index contributed by atoms with van der Waals surface area (Å²) in [4.78, 5) is 12.0.